The van der Waals surface area contributed by atoms with Crippen LogP contribution in [-0.2, 0) is 4.79 Å². The Morgan fingerprint density at radius 2 is 2.43 bits per heavy atom. The molecule has 0 rings (SSSR count). The summed E-state index contributed by atoms with van der Waals surface area (Å²) in [5.74, 6) is -0.720. The molecule has 1 unspecified atom stereocenters. The SMILES string of the molecule is CC(I)CC(=O)O. The average molecular weight is 214 g/mol. The van der Waals surface area contributed by atoms with Crippen molar-refractivity contribution in [1.29, 1.82) is 0 Å². The Morgan fingerprint density at radius 1 is 2.00 bits per heavy atom. The van der Waals surface area contributed by atoms with E-state index in [1.54, 1.807) is 0 Å². The molecule has 7 heavy (non-hydrogen) atoms. The lowest BCUT2D eigenvalue weighted by atomic mass is 10.3. The molecule has 3 heteroatoms. The molecule has 0 radical (unpaired) electrons. The van der Waals surface area contributed by atoms with E-state index in [1.807, 2.05) is 6.92 Å². The first kappa shape index (κ1) is 7.20. The van der Waals surface area contributed by atoms with Crippen molar-refractivity contribution in [2.45, 2.75) is 17.3 Å². The topological polar surface area (TPSA) is 37.3 Å². The Kier molecular flexibility index (Phi) is 3.33. The predicted molar refractivity (Wildman–Crippen MR) is 35.7 cm³/mol. The van der Waals surface area contributed by atoms with Crippen molar-refractivity contribution in [3.05, 3.63) is 0 Å². The van der Waals surface area contributed by atoms with Crippen LogP contribution in [0.1, 0.15) is 13.3 Å². The van der Waals surface area contributed by atoms with Crippen molar-refractivity contribution in [2.24, 2.45) is 0 Å². The molecule has 1 N–H and O–H groups in total. The van der Waals surface area contributed by atoms with E-state index in [-0.39, 0.29) is 10.3 Å². The molecule has 2 nitrogen and oxygen atoms in total. The van der Waals surface area contributed by atoms with Gasteiger partial charge in [0, 0.05) is 3.92 Å². The number of halogens is 1. The summed E-state index contributed by atoms with van der Waals surface area (Å²) in [5, 5.41) is 8.08. The minimum Gasteiger partial charge on any atom is -0.481 e. The predicted octanol–water partition coefficient (Wildman–Crippen LogP) is 1.28. The molecule has 0 spiro atoms. The Morgan fingerprint density at radius 3 is 2.43 bits per heavy atom. The van der Waals surface area contributed by atoms with Gasteiger partial charge in [0.05, 0.1) is 6.42 Å². The molecule has 0 aliphatic heterocycles. The summed E-state index contributed by atoms with van der Waals surface area (Å²) in [7, 11) is 0. The van der Waals surface area contributed by atoms with Gasteiger partial charge in [-0.1, -0.05) is 29.5 Å². The molecular formula is C4H7IO2. The monoisotopic (exact) mass is 214 g/mol. The standard InChI is InChI=1S/C4H7IO2/c1-3(5)2-4(6)7/h3H,2H2,1H3,(H,6,7). The van der Waals surface area contributed by atoms with Crippen molar-refractivity contribution in [3.63, 3.8) is 0 Å². The van der Waals surface area contributed by atoms with Gasteiger partial charge in [0.25, 0.3) is 0 Å². The third-order valence-corrected chi connectivity index (χ3v) is 0.896. The van der Waals surface area contributed by atoms with E-state index in [0.717, 1.165) is 0 Å². The van der Waals surface area contributed by atoms with E-state index in [1.165, 1.54) is 0 Å². The van der Waals surface area contributed by atoms with Crippen LogP contribution in [0.3, 0.4) is 0 Å². The van der Waals surface area contributed by atoms with Gasteiger partial charge in [-0.15, -0.1) is 0 Å². The van der Waals surface area contributed by atoms with Crippen LogP contribution in [0.4, 0.5) is 0 Å². The molecule has 0 heterocycles. The summed E-state index contributed by atoms with van der Waals surface area (Å²) in [6.45, 7) is 1.87. The maximum Gasteiger partial charge on any atom is 0.304 e. The van der Waals surface area contributed by atoms with Crippen LogP contribution in [0, 0.1) is 0 Å². The zero-order valence-corrected chi connectivity index (χ0v) is 6.18. The number of carbonyl (C=O) groups is 1. The van der Waals surface area contributed by atoms with Crippen LogP contribution >= 0.6 is 22.6 Å². The summed E-state index contributed by atoms with van der Waals surface area (Å²) < 4.78 is 0.245. The van der Waals surface area contributed by atoms with Gasteiger partial charge in [-0.3, -0.25) is 4.79 Å². The van der Waals surface area contributed by atoms with Crippen molar-refractivity contribution in [1.82, 2.24) is 0 Å². The van der Waals surface area contributed by atoms with Crippen molar-refractivity contribution < 1.29 is 9.90 Å². The zero-order valence-electron chi connectivity index (χ0n) is 4.02. The smallest absolute Gasteiger partial charge is 0.304 e. The fourth-order valence-corrected chi connectivity index (χ4v) is 0.617. The number of hydrogen-bond acceptors (Lipinski definition) is 1. The molecular weight excluding hydrogens is 207 g/mol. The third-order valence-electron chi connectivity index (χ3n) is 0.456. The number of rotatable bonds is 2. The maximum atomic E-state index is 9.80. The van der Waals surface area contributed by atoms with Crippen molar-refractivity contribution in [2.75, 3.05) is 0 Å². The van der Waals surface area contributed by atoms with Gasteiger partial charge < -0.3 is 5.11 Å². The van der Waals surface area contributed by atoms with E-state index >= 15 is 0 Å². The molecule has 0 fully saturated rings. The highest BCUT2D eigenvalue weighted by Gasteiger charge is 2.00. The molecule has 0 saturated carbocycles. The summed E-state index contributed by atoms with van der Waals surface area (Å²) in [4.78, 5) is 9.80. The molecule has 0 aromatic rings. The quantitative estimate of drug-likeness (QED) is 0.555. The van der Waals surface area contributed by atoms with E-state index in [4.69, 9.17) is 5.11 Å². The summed E-state index contributed by atoms with van der Waals surface area (Å²) in [5.41, 5.74) is 0. The largest absolute Gasteiger partial charge is 0.481 e. The Labute approximate surface area is 56.1 Å². The van der Waals surface area contributed by atoms with Crippen LogP contribution in [0.25, 0.3) is 0 Å². The highest BCUT2D eigenvalue weighted by atomic mass is 127. The van der Waals surface area contributed by atoms with Gasteiger partial charge in [0.2, 0.25) is 0 Å². The first-order valence-corrected chi connectivity index (χ1v) is 3.23. The van der Waals surface area contributed by atoms with E-state index in [2.05, 4.69) is 22.6 Å². The van der Waals surface area contributed by atoms with Crippen LogP contribution in [0.15, 0.2) is 0 Å². The number of carboxylic acid groups (broad SMARTS) is 1. The lowest BCUT2D eigenvalue weighted by Crippen LogP contribution is -2.01. The lowest BCUT2D eigenvalue weighted by Gasteiger charge is -1.92. The molecule has 42 valence electrons. The van der Waals surface area contributed by atoms with Crippen LogP contribution in [-0.4, -0.2) is 15.0 Å². The van der Waals surface area contributed by atoms with Gasteiger partial charge in [-0.25, -0.2) is 0 Å². The van der Waals surface area contributed by atoms with Gasteiger partial charge in [-0.05, 0) is 0 Å². The van der Waals surface area contributed by atoms with Gasteiger partial charge >= 0.3 is 5.97 Å². The van der Waals surface area contributed by atoms with Gasteiger partial charge in [-0.2, -0.15) is 0 Å². The van der Waals surface area contributed by atoms with Crippen molar-refractivity contribution >= 4 is 28.6 Å². The fraction of sp³-hybridized carbons (Fsp3) is 0.750. The van der Waals surface area contributed by atoms with Crippen LogP contribution < -0.4 is 0 Å². The summed E-state index contributed by atoms with van der Waals surface area (Å²) >= 11 is 2.08. The van der Waals surface area contributed by atoms with E-state index in [9.17, 15) is 4.79 Å². The number of aliphatic carboxylic acids is 1. The third kappa shape index (κ3) is 6.20. The second-order valence-corrected chi connectivity index (χ2v) is 3.51. The molecule has 0 saturated heterocycles. The zero-order chi connectivity index (χ0) is 5.86. The number of carboxylic acids is 1. The average Bonchev–Trinajstić information content (AvgIpc) is 1.27. The second kappa shape index (κ2) is 3.23. The molecule has 1 atom stereocenters. The highest BCUT2D eigenvalue weighted by Crippen LogP contribution is 2.02. The Hall–Kier alpha value is 0.200. The van der Waals surface area contributed by atoms with Gasteiger partial charge in [0.15, 0.2) is 0 Å². The molecule has 0 bridgehead atoms. The molecule has 0 aliphatic carbocycles. The number of hydrogen-bond donors (Lipinski definition) is 1. The molecule has 0 aromatic heterocycles. The molecule has 0 aliphatic rings. The van der Waals surface area contributed by atoms with Crippen LogP contribution in [0.2, 0.25) is 0 Å². The summed E-state index contributed by atoms with van der Waals surface area (Å²) in [6.07, 6.45) is 0.264. The first-order valence-electron chi connectivity index (χ1n) is 1.99. The normalized spacial score (nSPS) is 13.4. The summed E-state index contributed by atoms with van der Waals surface area (Å²) in [6, 6.07) is 0. The Bertz CT molecular complexity index is 70.1. The first-order chi connectivity index (χ1) is 3.13. The highest BCUT2D eigenvalue weighted by molar-refractivity contribution is 14.1. The minimum atomic E-state index is -0.720. The minimum absolute atomic E-state index is 0.245. The fourth-order valence-electron chi connectivity index (χ4n) is 0.241. The van der Waals surface area contributed by atoms with Gasteiger partial charge in [0.1, 0.15) is 0 Å². The van der Waals surface area contributed by atoms with E-state index in [0.29, 0.717) is 0 Å². The molecule has 0 amide bonds. The Balaban J connectivity index is 3.13. The van der Waals surface area contributed by atoms with E-state index < -0.39 is 5.97 Å². The maximum absolute atomic E-state index is 9.80. The van der Waals surface area contributed by atoms with Crippen molar-refractivity contribution in [3.8, 4) is 0 Å². The number of alkyl halides is 1. The molecule has 0 aromatic carbocycles. The van der Waals surface area contributed by atoms with Crippen LogP contribution in [0.5, 0.6) is 0 Å². The second-order valence-electron chi connectivity index (χ2n) is 1.38. The lowest BCUT2D eigenvalue weighted by molar-refractivity contribution is -0.136.